The van der Waals surface area contributed by atoms with Crippen molar-refractivity contribution < 1.29 is 13.2 Å². The molecule has 1 aromatic carbocycles. The van der Waals surface area contributed by atoms with Gasteiger partial charge in [0, 0.05) is 6.42 Å². The van der Waals surface area contributed by atoms with E-state index >= 15 is 0 Å². The molecule has 1 aromatic rings. The number of hydrogen-bond acceptors (Lipinski definition) is 3. The first-order chi connectivity index (χ1) is 7.99. The maximum Gasteiger partial charge on any atom is 0.285 e. The van der Waals surface area contributed by atoms with Crippen LogP contribution in [-0.2, 0) is 14.8 Å². The third kappa shape index (κ3) is 3.85. The van der Waals surface area contributed by atoms with Crippen LogP contribution >= 0.6 is 0 Å². The molecule has 5 heteroatoms. The maximum absolute atomic E-state index is 11.9. The Morgan fingerprint density at radius 2 is 1.88 bits per heavy atom. The lowest BCUT2D eigenvalue weighted by Gasteiger charge is -2.04. The Labute approximate surface area is 102 Å². The molecule has 17 heavy (non-hydrogen) atoms. The van der Waals surface area contributed by atoms with Crippen molar-refractivity contribution >= 4 is 15.9 Å². The van der Waals surface area contributed by atoms with Crippen LogP contribution in [0.3, 0.4) is 0 Å². The zero-order chi connectivity index (χ0) is 12.9. The van der Waals surface area contributed by atoms with E-state index in [2.05, 4.69) is 4.40 Å². The Morgan fingerprint density at radius 3 is 2.35 bits per heavy atom. The minimum absolute atomic E-state index is 0.189. The topological polar surface area (TPSA) is 55.7 Å². The smallest absolute Gasteiger partial charge is 0.285 e. The number of sulfonamides is 1. The summed E-state index contributed by atoms with van der Waals surface area (Å²) in [7, 11) is -2.22. The average Bonchev–Trinajstić information content (AvgIpc) is 2.28. The van der Waals surface area contributed by atoms with E-state index < -0.39 is 10.0 Å². The number of hydrogen-bond donors (Lipinski definition) is 0. The average molecular weight is 255 g/mol. The van der Waals surface area contributed by atoms with Gasteiger partial charge in [0.05, 0.1) is 12.0 Å². The Hall–Kier alpha value is -1.36. The van der Waals surface area contributed by atoms with Crippen molar-refractivity contribution in [1.82, 2.24) is 0 Å². The highest BCUT2D eigenvalue weighted by Crippen LogP contribution is 2.14. The predicted molar refractivity (Wildman–Crippen MR) is 67.7 cm³/mol. The maximum atomic E-state index is 11.9. The Morgan fingerprint density at radius 1 is 1.29 bits per heavy atom. The van der Waals surface area contributed by atoms with E-state index in [4.69, 9.17) is 4.74 Å². The summed E-state index contributed by atoms with van der Waals surface area (Å²) in [5.41, 5.74) is 1.01. The molecular formula is C12H17NO3S. The van der Waals surface area contributed by atoms with E-state index in [1.54, 1.807) is 24.3 Å². The van der Waals surface area contributed by atoms with Crippen LogP contribution < -0.4 is 0 Å². The first-order valence-corrected chi connectivity index (χ1v) is 6.88. The van der Waals surface area contributed by atoms with E-state index in [1.165, 1.54) is 7.11 Å². The van der Waals surface area contributed by atoms with Crippen LogP contribution in [0, 0.1) is 6.92 Å². The summed E-state index contributed by atoms with van der Waals surface area (Å²) < 4.78 is 32.5. The van der Waals surface area contributed by atoms with Crippen LogP contribution in [0.5, 0.6) is 0 Å². The lowest BCUT2D eigenvalue weighted by atomic mass is 10.2. The van der Waals surface area contributed by atoms with Gasteiger partial charge in [-0.05, 0) is 25.5 Å². The summed E-state index contributed by atoms with van der Waals surface area (Å²) in [4.78, 5) is 0.189. The molecule has 0 aliphatic rings. The van der Waals surface area contributed by atoms with Crippen LogP contribution in [-0.4, -0.2) is 21.4 Å². The normalized spacial score (nSPS) is 12.5. The number of methoxy groups -OCH3 is 1. The number of ether oxygens (including phenoxy) is 1. The van der Waals surface area contributed by atoms with Crippen molar-refractivity contribution in [3.05, 3.63) is 29.8 Å². The zero-order valence-electron chi connectivity index (χ0n) is 10.3. The van der Waals surface area contributed by atoms with Crippen LogP contribution in [0.1, 0.15) is 25.3 Å². The molecule has 0 spiro atoms. The fraction of sp³-hybridized carbons (Fsp3) is 0.417. The SMILES string of the molecule is CCC/C(=N/S(=O)(=O)c1ccc(C)cc1)OC. The fourth-order valence-electron chi connectivity index (χ4n) is 1.30. The number of aryl methyl sites for hydroxylation is 1. The number of nitrogens with zero attached hydrogens (tertiary/aromatic N) is 1. The molecule has 0 saturated carbocycles. The second kappa shape index (κ2) is 5.82. The molecule has 0 unspecified atom stereocenters. The molecule has 0 saturated heterocycles. The van der Waals surface area contributed by atoms with Gasteiger partial charge in [-0.15, -0.1) is 4.40 Å². The first kappa shape index (κ1) is 13.7. The van der Waals surface area contributed by atoms with Crippen LogP contribution in [0.15, 0.2) is 33.6 Å². The van der Waals surface area contributed by atoms with Crippen LogP contribution in [0.4, 0.5) is 0 Å². The zero-order valence-corrected chi connectivity index (χ0v) is 11.1. The molecule has 0 heterocycles. The van der Waals surface area contributed by atoms with Gasteiger partial charge in [-0.25, -0.2) is 0 Å². The molecule has 0 bridgehead atoms. The van der Waals surface area contributed by atoms with Gasteiger partial charge < -0.3 is 4.74 Å². The van der Waals surface area contributed by atoms with Gasteiger partial charge in [0.1, 0.15) is 0 Å². The molecular weight excluding hydrogens is 238 g/mol. The minimum Gasteiger partial charge on any atom is -0.484 e. The summed E-state index contributed by atoms with van der Waals surface area (Å²) >= 11 is 0. The van der Waals surface area contributed by atoms with E-state index in [0.717, 1.165) is 12.0 Å². The summed E-state index contributed by atoms with van der Waals surface area (Å²) in [5, 5.41) is 0. The highest BCUT2D eigenvalue weighted by Gasteiger charge is 2.14. The molecule has 0 atom stereocenters. The van der Waals surface area contributed by atoms with Crippen molar-refractivity contribution in [1.29, 1.82) is 0 Å². The summed E-state index contributed by atoms with van der Waals surface area (Å²) in [6.07, 6.45) is 1.30. The number of benzene rings is 1. The lowest BCUT2D eigenvalue weighted by Crippen LogP contribution is -2.06. The lowest BCUT2D eigenvalue weighted by molar-refractivity contribution is 0.390. The van der Waals surface area contributed by atoms with Gasteiger partial charge in [0.25, 0.3) is 10.0 Å². The second-order valence-electron chi connectivity index (χ2n) is 3.73. The van der Waals surface area contributed by atoms with Crippen LogP contribution in [0.2, 0.25) is 0 Å². The molecule has 1 rings (SSSR count). The molecule has 0 aliphatic carbocycles. The Balaban J connectivity index is 3.06. The molecule has 4 nitrogen and oxygen atoms in total. The summed E-state index contributed by atoms with van der Waals surface area (Å²) in [6, 6.07) is 6.59. The molecule has 0 fully saturated rings. The third-order valence-electron chi connectivity index (χ3n) is 2.24. The van der Waals surface area contributed by atoms with E-state index in [0.29, 0.717) is 6.42 Å². The van der Waals surface area contributed by atoms with Crippen molar-refractivity contribution in [2.75, 3.05) is 7.11 Å². The second-order valence-corrected chi connectivity index (χ2v) is 5.33. The highest BCUT2D eigenvalue weighted by molar-refractivity contribution is 7.90. The molecule has 0 radical (unpaired) electrons. The van der Waals surface area contributed by atoms with Crippen LogP contribution in [0.25, 0.3) is 0 Å². The molecule has 0 amide bonds. The van der Waals surface area contributed by atoms with Gasteiger partial charge in [0.2, 0.25) is 0 Å². The first-order valence-electron chi connectivity index (χ1n) is 5.44. The number of rotatable bonds is 4. The standard InChI is InChI=1S/C12H17NO3S/c1-4-5-12(16-3)13-17(14,15)11-8-6-10(2)7-9-11/h6-9H,4-5H2,1-3H3/b13-12-. The highest BCUT2D eigenvalue weighted by atomic mass is 32.2. The third-order valence-corrected chi connectivity index (χ3v) is 3.55. The Bertz CT molecular complexity index is 489. The van der Waals surface area contributed by atoms with Crippen molar-refractivity contribution in [2.24, 2.45) is 4.40 Å². The largest absolute Gasteiger partial charge is 0.484 e. The van der Waals surface area contributed by atoms with E-state index in [9.17, 15) is 8.42 Å². The predicted octanol–water partition coefficient (Wildman–Crippen LogP) is 2.53. The summed E-state index contributed by atoms with van der Waals surface area (Å²) in [5.74, 6) is 0.244. The molecule has 0 aromatic heterocycles. The van der Waals surface area contributed by atoms with Gasteiger partial charge in [0.15, 0.2) is 5.90 Å². The van der Waals surface area contributed by atoms with Crippen molar-refractivity contribution in [3.8, 4) is 0 Å². The van der Waals surface area contributed by atoms with Crippen molar-refractivity contribution in [2.45, 2.75) is 31.6 Å². The van der Waals surface area contributed by atoms with Crippen molar-refractivity contribution in [3.63, 3.8) is 0 Å². The van der Waals surface area contributed by atoms with E-state index in [1.807, 2.05) is 13.8 Å². The molecule has 0 aliphatic heterocycles. The quantitative estimate of drug-likeness (QED) is 0.613. The van der Waals surface area contributed by atoms with Gasteiger partial charge in [-0.1, -0.05) is 24.6 Å². The monoisotopic (exact) mass is 255 g/mol. The summed E-state index contributed by atoms with van der Waals surface area (Å²) in [6.45, 7) is 3.84. The fourth-order valence-corrected chi connectivity index (χ4v) is 2.32. The van der Waals surface area contributed by atoms with E-state index in [-0.39, 0.29) is 10.8 Å². The minimum atomic E-state index is -3.65. The Kier molecular flexibility index (Phi) is 4.69. The van der Waals surface area contributed by atoms with Gasteiger partial charge >= 0.3 is 0 Å². The van der Waals surface area contributed by atoms with Gasteiger partial charge in [-0.3, -0.25) is 0 Å². The molecule has 94 valence electrons. The molecule has 0 N–H and O–H groups in total. The van der Waals surface area contributed by atoms with Gasteiger partial charge in [-0.2, -0.15) is 8.42 Å².